The molecule has 0 atom stereocenters. The number of ether oxygens (including phenoxy) is 1. The van der Waals surface area contributed by atoms with E-state index in [-0.39, 0.29) is 17.2 Å². The Balaban J connectivity index is 2.06. The van der Waals surface area contributed by atoms with E-state index in [1.54, 1.807) is 30.3 Å². The highest BCUT2D eigenvalue weighted by atomic mass is 19.1. The Hall–Kier alpha value is -3.28. The number of halogens is 1. The lowest BCUT2D eigenvalue weighted by atomic mass is 10.2. The first-order chi connectivity index (χ1) is 11.1. The largest absolute Gasteiger partial charge is 0.477 e. The fourth-order valence-electron chi connectivity index (χ4n) is 1.95. The summed E-state index contributed by atoms with van der Waals surface area (Å²) in [5.41, 5.74) is 0.454. The summed E-state index contributed by atoms with van der Waals surface area (Å²) in [7, 11) is 0. The van der Waals surface area contributed by atoms with E-state index in [9.17, 15) is 14.3 Å². The molecule has 0 fully saturated rings. The molecule has 0 aliphatic heterocycles. The fraction of sp³-hybridized carbons (Fsp3) is 0. The molecule has 1 heterocycles. The lowest BCUT2D eigenvalue weighted by Crippen LogP contribution is -2.05. The predicted molar refractivity (Wildman–Crippen MR) is 80.9 cm³/mol. The summed E-state index contributed by atoms with van der Waals surface area (Å²) in [6, 6.07) is 14.7. The minimum atomic E-state index is -1.25. The summed E-state index contributed by atoms with van der Waals surface area (Å²) in [5.74, 6) is -1.88. The zero-order chi connectivity index (χ0) is 16.2. The minimum Gasteiger partial charge on any atom is -0.477 e. The maximum absolute atomic E-state index is 13.7. The van der Waals surface area contributed by atoms with Crippen LogP contribution in [-0.4, -0.2) is 21.0 Å². The van der Waals surface area contributed by atoms with Crippen LogP contribution in [0.25, 0.3) is 11.4 Å². The highest BCUT2D eigenvalue weighted by Crippen LogP contribution is 2.27. The number of benzene rings is 2. The van der Waals surface area contributed by atoms with Gasteiger partial charge in [-0.1, -0.05) is 42.5 Å². The second-order valence-electron chi connectivity index (χ2n) is 4.62. The van der Waals surface area contributed by atoms with Crippen LogP contribution in [-0.2, 0) is 0 Å². The van der Waals surface area contributed by atoms with E-state index in [0.29, 0.717) is 11.4 Å². The molecular weight excluding hydrogens is 299 g/mol. The van der Waals surface area contributed by atoms with Crippen molar-refractivity contribution < 1.29 is 19.0 Å². The summed E-state index contributed by atoms with van der Waals surface area (Å²) >= 11 is 0. The van der Waals surface area contributed by atoms with Gasteiger partial charge in [0.2, 0.25) is 5.88 Å². The Bertz CT molecular complexity index is 853. The summed E-state index contributed by atoms with van der Waals surface area (Å²) in [6.07, 6.45) is 1.15. The SMILES string of the molecule is O=C(O)c1cnc(-c2ccccc2)nc1Oc1ccccc1F. The van der Waals surface area contributed by atoms with Crippen molar-refractivity contribution in [3.05, 3.63) is 72.2 Å². The van der Waals surface area contributed by atoms with Gasteiger partial charge in [-0.15, -0.1) is 0 Å². The molecule has 23 heavy (non-hydrogen) atoms. The van der Waals surface area contributed by atoms with Gasteiger partial charge in [-0.2, -0.15) is 4.98 Å². The van der Waals surface area contributed by atoms with Crippen LogP contribution in [0.2, 0.25) is 0 Å². The average molecular weight is 310 g/mol. The first-order valence-corrected chi connectivity index (χ1v) is 6.73. The van der Waals surface area contributed by atoms with Crippen molar-refractivity contribution in [1.82, 2.24) is 9.97 Å². The molecule has 3 aromatic rings. The molecule has 0 saturated carbocycles. The van der Waals surface area contributed by atoms with Gasteiger partial charge in [0.25, 0.3) is 0 Å². The van der Waals surface area contributed by atoms with E-state index in [0.717, 1.165) is 6.20 Å². The molecule has 1 aromatic heterocycles. The Morgan fingerprint density at radius 3 is 2.43 bits per heavy atom. The van der Waals surface area contributed by atoms with E-state index < -0.39 is 11.8 Å². The van der Waals surface area contributed by atoms with Crippen molar-refractivity contribution in [2.24, 2.45) is 0 Å². The molecule has 0 amide bonds. The van der Waals surface area contributed by atoms with Gasteiger partial charge in [-0.25, -0.2) is 14.2 Å². The highest BCUT2D eigenvalue weighted by molar-refractivity contribution is 5.90. The monoisotopic (exact) mass is 310 g/mol. The molecular formula is C17H11FN2O3. The Labute approximate surface area is 131 Å². The Morgan fingerprint density at radius 1 is 1.04 bits per heavy atom. The molecule has 0 aliphatic rings. The van der Waals surface area contributed by atoms with Crippen molar-refractivity contribution >= 4 is 5.97 Å². The Kier molecular flexibility index (Phi) is 3.97. The van der Waals surface area contributed by atoms with Crippen LogP contribution < -0.4 is 4.74 Å². The van der Waals surface area contributed by atoms with Crippen LogP contribution in [0, 0.1) is 5.82 Å². The molecule has 0 radical (unpaired) electrons. The van der Waals surface area contributed by atoms with Crippen LogP contribution in [0.3, 0.4) is 0 Å². The van der Waals surface area contributed by atoms with Crippen LogP contribution in [0.15, 0.2) is 60.8 Å². The third-order valence-electron chi connectivity index (χ3n) is 3.06. The molecule has 1 N–H and O–H groups in total. The quantitative estimate of drug-likeness (QED) is 0.794. The van der Waals surface area contributed by atoms with Gasteiger partial charge < -0.3 is 9.84 Å². The van der Waals surface area contributed by atoms with Gasteiger partial charge in [-0.3, -0.25) is 0 Å². The lowest BCUT2D eigenvalue weighted by molar-refractivity contribution is 0.0692. The summed E-state index contributed by atoms with van der Waals surface area (Å²) in [5, 5.41) is 9.22. The van der Waals surface area contributed by atoms with Crippen LogP contribution >= 0.6 is 0 Å². The minimum absolute atomic E-state index is 0.104. The number of carboxylic acid groups (broad SMARTS) is 1. The molecule has 5 nitrogen and oxygen atoms in total. The molecule has 114 valence electrons. The molecule has 0 saturated heterocycles. The number of carbonyl (C=O) groups is 1. The topological polar surface area (TPSA) is 72.3 Å². The zero-order valence-corrected chi connectivity index (χ0v) is 11.8. The predicted octanol–water partition coefficient (Wildman–Crippen LogP) is 3.77. The number of carboxylic acids is 1. The van der Waals surface area contributed by atoms with E-state index >= 15 is 0 Å². The molecule has 0 aliphatic carbocycles. The number of hydrogen-bond acceptors (Lipinski definition) is 4. The molecule has 6 heteroatoms. The van der Waals surface area contributed by atoms with Crippen molar-refractivity contribution in [2.75, 3.05) is 0 Å². The normalized spacial score (nSPS) is 10.3. The van der Waals surface area contributed by atoms with Gasteiger partial charge in [0.05, 0.1) is 0 Å². The smallest absolute Gasteiger partial charge is 0.342 e. The van der Waals surface area contributed by atoms with Crippen molar-refractivity contribution in [1.29, 1.82) is 0 Å². The lowest BCUT2D eigenvalue weighted by Gasteiger charge is -2.09. The molecule has 0 unspecified atom stereocenters. The summed E-state index contributed by atoms with van der Waals surface area (Å²) in [4.78, 5) is 19.4. The maximum atomic E-state index is 13.7. The molecule has 3 rings (SSSR count). The fourth-order valence-corrected chi connectivity index (χ4v) is 1.95. The second-order valence-corrected chi connectivity index (χ2v) is 4.62. The van der Waals surface area contributed by atoms with Gasteiger partial charge in [0, 0.05) is 11.8 Å². The average Bonchev–Trinajstić information content (AvgIpc) is 2.57. The zero-order valence-electron chi connectivity index (χ0n) is 11.8. The number of rotatable bonds is 4. The van der Waals surface area contributed by atoms with Crippen molar-refractivity contribution in [3.8, 4) is 23.0 Å². The van der Waals surface area contributed by atoms with Gasteiger partial charge >= 0.3 is 5.97 Å². The third-order valence-corrected chi connectivity index (χ3v) is 3.06. The van der Waals surface area contributed by atoms with Crippen LogP contribution in [0.5, 0.6) is 11.6 Å². The maximum Gasteiger partial charge on any atom is 0.342 e. The molecule has 0 spiro atoms. The Morgan fingerprint density at radius 2 is 1.74 bits per heavy atom. The van der Waals surface area contributed by atoms with Crippen molar-refractivity contribution in [2.45, 2.75) is 0 Å². The number of nitrogens with zero attached hydrogens (tertiary/aromatic N) is 2. The summed E-state index contributed by atoms with van der Waals surface area (Å²) < 4.78 is 19.1. The third kappa shape index (κ3) is 3.16. The standard InChI is InChI=1S/C17H11FN2O3/c18-13-8-4-5-9-14(13)23-16-12(17(21)22)10-19-15(20-16)11-6-2-1-3-7-11/h1-10H,(H,21,22). The van der Waals surface area contributed by atoms with E-state index in [1.165, 1.54) is 18.2 Å². The van der Waals surface area contributed by atoms with Gasteiger partial charge in [-0.05, 0) is 12.1 Å². The van der Waals surface area contributed by atoms with Crippen LogP contribution in [0.4, 0.5) is 4.39 Å². The van der Waals surface area contributed by atoms with E-state index in [1.807, 2.05) is 6.07 Å². The van der Waals surface area contributed by atoms with E-state index in [2.05, 4.69) is 9.97 Å². The van der Waals surface area contributed by atoms with Gasteiger partial charge in [0.1, 0.15) is 5.56 Å². The number of aromatic nitrogens is 2. The summed E-state index contributed by atoms with van der Waals surface area (Å²) in [6.45, 7) is 0. The van der Waals surface area contributed by atoms with Gasteiger partial charge in [0.15, 0.2) is 17.4 Å². The molecule has 0 bridgehead atoms. The number of aromatic carboxylic acids is 1. The first kappa shape index (κ1) is 14.6. The van der Waals surface area contributed by atoms with Crippen molar-refractivity contribution in [3.63, 3.8) is 0 Å². The number of para-hydroxylation sites is 1. The van der Waals surface area contributed by atoms with E-state index in [4.69, 9.17) is 4.74 Å². The highest BCUT2D eigenvalue weighted by Gasteiger charge is 2.17. The molecule has 2 aromatic carbocycles. The second kappa shape index (κ2) is 6.23. The first-order valence-electron chi connectivity index (χ1n) is 6.73. The van der Waals surface area contributed by atoms with Crippen LogP contribution in [0.1, 0.15) is 10.4 Å². The number of hydrogen-bond donors (Lipinski definition) is 1.